The fourth-order valence-corrected chi connectivity index (χ4v) is 1.57. The van der Waals surface area contributed by atoms with E-state index in [-0.39, 0.29) is 18.1 Å². The van der Waals surface area contributed by atoms with E-state index in [2.05, 4.69) is 0 Å². The first-order valence-electron chi connectivity index (χ1n) is 5.58. The number of hydrogen-bond donors (Lipinski definition) is 1. The van der Waals surface area contributed by atoms with Crippen molar-refractivity contribution in [2.24, 2.45) is 0 Å². The molecule has 0 bridgehead atoms. The second kappa shape index (κ2) is 5.62. The summed E-state index contributed by atoms with van der Waals surface area (Å²) in [5, 5.41) is 8.68. The summed E-state index contributed by atoms with van der Waals surface area (Å²) in [7, 11) is 1.54. The van der Waals surface area contributed by atoms with E-state index in [0.29, 0.717) is 11.1 Å². The highest BCUT2D eigenvalue weighted by atomic mass is 19.1. The highest BCUT2D eigenvalue weighted by Gasteiger charge is 2.20. The minimum Gasteiger partial charge on any atom is -0.481 e. The molecule has 1 unspecified atom stereocenters. The largest absolute Gasteiger partial charge is 0.481 e. The molecule has 0 heterocycles. The Hall–Kier alpha value is -1.91. The Morgan fingerprint density at radius 1 is 1.44 bits per heavy atom. The summed E-state index contributed by atoms with van der Waals surface area (Å²) in [5.41, 5.74) is 0.744. The predicted octanol–water partition coefficient (Wildman–Crippen LogP) is 2.07. The van der Waals surface area contributed by atoms with Crippen molar-refractivity contribution in [3.05, 3.63) is 35.1 Å². The van der Waals surface area contributed by atoms with Crippen LogP contribution in [-0.2, 0) is 4.79 Å². The number of rotatable bonds is 4. The van der Waals surface area contributed by atoms with E-state index in [1.54, 1.807) is 13.8 Å². The number of carboxylic acids is 1. The van der Waals surface area contributed by atoms with Gasteiger partial charge in [-0.2, -0.15) is 0 Å². The zero-order valence-corrected chi connectivity index (χ0v) is 10.6. The number of carboxylic acid groups (broad SMARTS) is 1. The Kier molecular flexibility index (Phi) is 4.42. The van der Waals surface area contributed by atoms with Gasteiger partial charge in [0.1, 0.15) is 5.82 Å². The smallest absolute Gasteiger partial charge is 0.305 e. The molecule has 0 fully saturated rings. The summed E-state index contributed by atoms with van der Waals surface area (Å²) >= 11 is 0. The van der Waals surface area contributed by atoms with Crippen LogP contribution in [0.4, 0.5) is 4.39 Å². The molecular formula is C13H16FNO3. The molecule has 1 atom stereocenters. The van der Waals surface area contributed by atoms with Crippen molar-refractivity contribution in [1.29, 1.82) is 0 Å². The Balaban J connectivity index is 2.86. The lowest BCUT2D eigenvalue weighted by atomic mass is 10.1. The summed E-state index contributed by atoms with van der Waals surface area (Å²) in [5.74, 6) is -1.64. The minimum atomic E-state index is -0.961. The monoisotopic (exact) mass is 253 g/mol. The van der Waals surface area contributed by atoms with Gasteiger partial charge in [-0.15, -0.1) is 0 Å². The number of aryl methyl sites for hydroxylation is 1. The normalized spacial score (nSPS) is 12.0. The molecule has 1 aromatic rings. The van der Waals surface area contributed by atoms with Crippen molar-refractivity contribution in [1.82, 2.24) is 4.90 Å². The quantitative estimate of drug-likeness (QED) is 0.893. The molecule has 1 rings (SSSR count). The van der Waals surface area contributed by atoms with E-state index in [9.17, 15) is 14.0 Å². The Morgan fingerprint density at radius 3 is 2.56 bits per heavy atom. The van der Waals surface area contributed by atoms with Gasteiger partial charge in [0.15, 0.2) is 0 Å². The molecule has 0 aliphatic carbocycles. The van der Waals surface area contributed by atoms with Crippen LogP contribution in [0.1, 0.15) is 29.3 Å². The second-order valence-electron chi connectivity index (χ2n) is 4.33. The third-order valence-electron chi connectivity index (χ3n) is 2.86. The van der Waals surface area contributed by atoms with Gasteiger partial charge in [0.05, 0.1) is 6.42 Å². The van der Waals surface area contributed by atoms with Crippen LogP contribution in [-0.4, -0.2) is 35.0 Å². The molecule has 0 radical (unpaired) electrons. The molecule has 0 aliphatic heterocycles. The molecule has 5 heteroatoms. The number of nitrogens with zero attached hydrogens (tertiary/aromatic N) is 1. The number of amides is 1. The number of halogens is 1. The molecule has 0 saturated heterocycles. The average molecular weight is 253 g/mol. The van der Waals surface area contributed by atoms with Gasteiger partial charge in [0, 0.05) is 18.7 Å². The maximum Gasteiger partial charge on any atom is 0.305 e. The van der Waals surface area contributed by atoms with Gasteiger partial charge in [0.25, 0.3) is 5.91 Å². The number of carbonyl (C=O) groups is 2. The van der Waals surface area contributed by atoms with Crippen LogP contribution in [0.15, 0.2) is 18.2 Å². The summed E-state index contributed by atoms with van der Waals surface area (Å²) in [4.78, 5) is 24.0. The van der Waals surface area contributed by atoms with Crippen molar-refractivity contribution < 1.29 is 19.1 Å². The summed E-state index contributed by atoms with van der Waals surface area (Å²) in [6, 6.07) is 3.68. The molecule has 0 spiro atoms. The maximum absolute atomic E-state index is 13.1. The van der Waals surface area contributed by atoms with Gasteiger partial charge >= 0.3 is 5.97 Å². The molecule has 1 aromatic carbocycles. The standard InChI is InChI=1S/C13H16FNO3/c1-8-6-10(4-5-11(8)14)13(18)15(3)9(2)7-12(16)17/h4-6,9H,7H2,1-3H3,(H,16,17). The van der Waals surface area contributed by atoms with E-state index in [4.69, 9.17) is 5.11 Å². The molecule has 98 valence electrons. The van der Waals surface area contributed by atoms with Crippen molar-refractivity contribution >= 4 is 11.9 Å². The van der Waals surface area contributed by atoms with Gasteiger partial charge in [-0.25, -0.2) is 4.39 Å². The third-order valence-corrected chi connectivity index (χ3v) is 2.86. The van der Waals surface area contributed by atoms with Crippen LogP contribution in [0.25, 0.3) is 0 Å². The zero-order chi connectivity index (χ0) is 13.9. The molecule has 1 amide bonds. The molecule has 18 heavy (non-hydrogen) atoms. The Labute approximate surface area is 105 Å². The topological polar surface area (TPSA) is 57.6 Å². The first-order valence-corrected chi connectivity index (χ1v) is 5.58. The van der Waals surface area contributed by atoms with Crippen LogP contribution < -0.4 is 0 Å². The van der Waals surface area contributed by atoms with Gasteiger partial charge in [-0.3, -0.25) is 9.59 Å². The SMILES string of the molecule is Cc1cc(C(=O)N(C)C(C)CC(=O)O)ccc1F. The number of hydrogen-bond acceptors (Lipinski definition) is 2. The lowest BCUT2D eigenvalue weighted by Gasteiger charge is -2.23. The lowest BCUT2D eigenvalue weighted by molar-refractivity contribution is -0.137. The number of carbonyl (C=O) groups excluding carboxylic acids is 1. The lowest BCUT2D eigenvalue weighted by Crippen LogP contribution is -2.36. The Morgan fingerprint density at radius 2 is 2.06 bits per heavy atom. The molecule has 0 saturated carbocycles. The van der Waals surface area contributed by atoms with E-state index in [1.165, 1.54) is 30.1 Å². The summed E-state index contributed by atoms with van der Waals surface area (Å²) in [6.07, 6.45) is -0.123. The fourth-order valence-electron chi connectivity index (χ4n) is 1.57. The van der Waals surface area contributed by atoms with Crippen LogP contribution in [0.5, 0.6) is 0 Å². The van der Waals surface area contributed by atoms with E-state index in [1.807, 2.05) is 0 Å². The predicted molar refractivity (Wildman–Crippen MR) is 64.9 cm³/mol. The van der Waals surface area contributed by atoms with Gasteiger partial charge in [-0.1, -0.05) is 0 Å². The van der Waals surface area contributed by atoms with Crippen molar-refractivity contribution in [2.45, 2.75) is 26.3 Å². The maximum atomic E-state index is 13.1. The minimum absolute atomic E-state index is 0.123. The highest BCUT2D eigenvalue weighted by molar-refractivity contribution is 5.94. The number of aliphatic carboxylic acids is 1. The van der Waals surface area contributed by atoms with Crippen molar-refractivity contribution in [3.63, 3.8) is 0 Å². The zero-order valence-electron chi connectivity index (χ0n) is 10.6. The van der Waals surface area contributed by atoms with Crippen molar-refractivity contribution in [2.75, 3.05) is 7.05 Å². The van der Waals surface area contributed by atoms with E-state index < -0.39 is 12.0 Å². The highest BCUT2D eigenvalue weighted by Crippen LogP contribution is 2.13. The van der Waals surface area contributed by atoms with Gasteiger partial charge < -0.3 is 10.0 Å². The van der Waals surface area contributed by atoms with E-state index >= 15 is 0 Å². The Bertz CT molecular complexity index is 473. The van der Waals surface area contributed by atoms with Gasteiger partial charge in [0.2, 0.25) is 0 Å². The third kappa shape index (κ3) is 3.29. The fraction of sp³-hybridized carbons (Fsp3) is 0.385. The van der Waals surface area contributed by atoms with Crippen LogP contribution in [0, 0.1) is 12.7 Å². The van der Waals surface area contributed by atoms with E-state index in [0.717, 1.165) is 0 Å². The van der Waals surface area contributed by atoms with Crippen LogP contribution in [0.3, 0.4) is 0 Å². The summed E-state index contributed by atoms with van der Waals surface area (Å²) in [6.45, 7) is 3.23. The van der Waals surface area contributed by atoms with Crippen LogP contribution >= 0.6 is 0 Å². The molecule has 1 N–H and O–H groups in total. The first-order chi connectivity index (χ1) is 8.32. The van der Waals surface area contributed by atoms with Crippen LogP contribution in [0.2, 0.25) is 0 Å². The van der Waals surface area contributed by atoms with Gasteiger partial charge in [-0.05, 0) is 37.6 Å². The molecule has 0 aliphatic rings. The van der Waals surface area contributed by atoms with Crippen molar-refractivity contribution in [3.8, 4) is 0 Å². The molecule has 0 aromatic heterocycles. The molecular weight excluding hydrogens is 237 g/mol. The average Bonchev–Trinajstić information content (AvgIpc) is 2.30. The second-order valence-corrected chi connectivity index (χ2v) is 4.33. The molecule has 4 nitrogen and oxygen atoms in total. The summed E-state index contributed by atoms with van der Waals surface area (Å²) < 4.78 is 13.1. The first kappa shape index (κ1) is 14.2. The number of benzene rings is 1.